The van der Waals surface area contributed by atoms with Crippen molar-refractivity contribution in [3.8, 4) is 0 Å². The molecule has 1 heterocycles. The molecule has 1 amide bonds. The largest absolute Gasteiger partial charge is 0.465 e. The van der Waals surface area contributed by atoms with Gasteiger partial charge in [-0.3, -0.25) is 9.59 Å². The summed E-state index contributed by atoms with van der Waals surface area (Å²) >= 11 is 0. The maximum absolute atomic E-state index is 11.9. The van der Waals surface area contributed by atoms with Gasteiger partial charge >= 0.3 is 5.97 Å². The summed E-state index contributed by atoms with van der Waals surface area (Å²) in [5.41, 5.74) is 0. The molecule has 1 saturated heterocycles. The third kappa shape index (κ3) is 4.17. The van der Waals surface area contributed by atoms with Gasteiger partial charge < -0.3 is 14.4 Å². The zero-order chi connectivity index (χ0) is 12.8. The van der Waals surface area contributed by atoms with Crippen LogP contribution in [0.25, 0.3) is 0 Å². The fraction of sp³-hybridized carbons (Fsp3) is 0.750. The first-order valence-electron chi connectivity index (χ1n) is 5.98. The number of nitrogens with zero attached hydrogens (tertiary/aromatic N) is 1. The Morgan fingerprint density at radius 1 is 1.47 bits per heavy atom. The number of rotatable bonds is 6. The van der Waals surface area contributed by atoms with E-state index in [0.29, 0.717) is 26.0 Å². The van der Waals surface area contributed by atoms with Crippen molar-refractivity contribution in [2.45, 2.75) is 33.1 Å². The van der Waals surface area contributed by atoms with Gasteiger partial charge in [-0.05, 0) is 26.7 Å². The van der Waals surface area contributed by atoms with Gasteiger partial charge in [0.15, 0.2) is 0 Å². The molecule has 0 spiro atoms. The summed E-state index contributed by atoms with van der Waals surface area (Å²) in [5, 5.41) is 0. The van der Waals surface area contributed by atoms with Crippen molar-refractivity contribution in [2.24, 2.45) is 5.92 Å². The number of ketones is 1. The minimum atomic E-state index is -0.368. The lowest BCUT2D eigenvalue weighted by molar-refractivity contribution is -0.148. The summed E-state index contributed by atoms with van der Waals surface area (Å²) in [6.07, 6.45) is 1.75. The first-order valence-corrected chi connectivity index (χ1v) is 5.98. The molecular weight excluding hydrogens is 222 g/mol. The van der Waals surface area contributed by atoms with E-state index in [0.717, 1.165) is 6.42 Å². The second kappa shape index (κ2) is 6.37. The number of hydrogen-bond acceptors (Lipinski definition) is 4. The van der Waals surface area contributed by atoms with Crippen LogP contribution in [0.1, 0.15) is 33.1 Å². The summed E-state index contributed by atoms with van der Waals surface area (Å²) < 4.78 is 4.80. The van der Waals surface area contributed by atoms with E-state index in [-0.39, 0.29) is 30.1 Å². The van der Waals surface area contributed by atoms with Crippen molar-refractivity contribution in [1.29, 1.82) is 0 Å². The molecule has 5 heteroatoms. The van der Waals surface area contributed by atoms with Crippen molar-refractivity contribution in [3.63, 3.8) is 0 Å². The van der Waals surface area contributed by atoms with Crippen LogP contribution in [0.15, 0.2) is 0 Å². The van der Waals surface area contributed by atoms with Gasteiger partial charge in [-0.2, -0.15) is 0 Å². The van der Waals surface area contributed by atoms with Gasteiger partial charge in [0, 0.05) is 18.9 Å². The fourth-order valence-corrected chi connectivity index (χ4v) is 1.97. The standard InChI is InChI=1S/C12H19NO4/c1-3-17-11(15)8-13-7-6-10(12(13)16)5-4-9(2)14/h10H,3-8H2,1-2H3/t10-/m0/s1. The number of carbonyl (C=O) groups is 3. The molecule has 5 nitrogen and oxygen atoms in total. The number of likely N-dealkylation sites (tertiary alicyclic amines) is 1. The summed E-state index contributed by atoms with van der Waals surface area (Å²) in [5.74, 6) is -0.401. The van der Waals surface area contributed by atoms with Gasteiger partial charge in [-0.15, -0.1) is 0 Å². The zero-order valence-electron chi connectivity index (χ0n) is 10.4. The Bertz CT molecular complexity index is 314. The third-order valence-electron chi connectivity index (χ3n) is 2.88. The lowest BCUT2D eigenvalue weighted by atomic mass is 10.0. The van der Waals surface area contributed by atoms with E-state index in [9.17, 15) is 14.4 Å². The van der Waals surface area contributed by atoms with E-state index in [1.54, 1.807) is 6.92 Å². The molecule has 0 aromatic rings. The molecule has 0 radical (unpaired) electrons. The molecule has 1 rings (SSSR count). The predicted octanol–water partition coefficient (Wildman–Crippen LogP) is 0.767. The molecule has 0 aliphatic carbocycles. The Morgan fingerprint density at radius 2 is 2.18 bits per heavy atom. The summed E-state index contributed by atoms with van der Waals surface area (Å²) in [6, 6.07) is 0. The number of carbonyl (C=O) groups excluding carboxylic acids is 3. The van der Waals surface area contributed by atoms with Crippen molar-refractivity contribution >= 4 is 17.7 Å². The summed E-state index contributed by atoms with van der Waals surface area (Å²) in [6.45, 7) is 4.20. The van der Waals surface area contributed by atoms with Gasteiger partial charge in [0.05, 0.1) is 6.61 Å². The minimum absolute atomic E-state index is 0.0284. The maximum atomic E-state index is 11.9. The smallest absolute Gasteiger partial charge is 0.325 e. The van der Waals surface area contributed by atoms with Crippen LogP contribution in [0, 0.1) is 5.92 Å². The Labute approximate surface area is 101 Å². The molecule has 0 aromatic carbocycles. The van der Waals surface area contributed by atoms with Crippen LogP contribution in [0.2, 0.25) is 0 Å². The summed E-state index contributed by atoms with van der Waals surface area (Å²) in [4.78, 5) is 35.5. The third-order valence-corrected chi connectivity index (χ3v) is 2.88. The maximum Gasteiger partial charge on any atom is 0.325 e. The predicted molar refractivity (Wildman–Crippen MR) is 61.2 cm³/mol. The molecule has 1 aliphatic rings. The van der Waals surface area contributed by atoms with Crippen molar-refractivity contribution in [1.82, 2.24) is 4.90 Å². The normalized spacial score (nSPS) is 19.5. The van der Waals surface area contributed by atoms with Gasteiger partial charge in [0.2, 0.25) is 5.91 Å². The Morgan fingerprint density at radius 3 is 2.76 bits per heavy atom. The molecule has 1 aliphatic heterocycles. The fourth-order valence-electron chi connectivity index (χ4n) is 1.97. The monoisotopic (exact) mass is 241 g/mol. The molecule has 0 N–H and O–H groups in total. The van der Waals surface area contributed by atoms with Crippen molar-refractivity contribution < 1.29 is 19.1 Å². The molecule has 0 bridgehead atoms. The summed E-state index contributed by atoms with van der Waals surface area (Å²) in [7, 11) is 0. The molecular formula is C12H19NO4. The Balaban J connectivity index is 2.38. The van der Waals surface area contributed by atoms with E-state index in [1.807, 2.05) is 0 Å². The van der Waals surface area contributed by atoms with E-state index in [4.69, 9.17) is 4.74 Å². The minimum Gasteiger partial charge on any atom is -0.465 e. The van der Waals surface area contributed by atoms with E-state index in [1.165, 1.54) is 11.8 Å². The van der Waals surface area contributed by atoms with Crippen LogP contribution in [0.5, 0.6) is 0 Å². The molecule has 0 unspecified atom stereocenters. The van der Waals surface area contributed by atoms with Crippen molar-refractivity contribution in [2.75, 3.05) is 19.7 Å². The topological polar surface area (TPSA) is 63.7 Å². The molecule has 96 valence electrons. The number of amides is 1. The Hall–Kier alpha value is -1.39. The average Bonchev–Trinajstić information content (AvgIpc) is 2.58. The van der Waals surface area contributed by atoms with Crippen LogP contribution >= 0.6 is 0 Å². The highest BCUT2D eigenvalue weighted by Crippen LogP contribution is 2.22. The van der Waals surface area contributed by atoms with Crippen molar-refractivity contribution in [3.05, 3.63) is 0 Å². The van der Waals surface area contributed by atoms with Crippen LogP contribution in [-0.4, -0.2) is 42.3 Å². The van der Waals surface area contributed by atoms with E-state index < -0.39 is 0 Å². The lowest BCUT2D eigenvalue weighted by Gasteiger charge is -2.15. The highest BCUT2D eigenvalue weighted by Gasteiger charge is 2.32. The SMILES string of the molecule is CCOC(=O)CN1CC[C@H](CCC(C)=O)C1=O. The van der Waals surface area contributed by atoms with Gasteiger partial charge in [-0.25, -0.2) is 0 Å². The number of esters is 1. The number of ether oxygens (including phenoxy) is 1. The van der Waals surface area contributed by atoms with Gasteiger partial charge in [0.25, 0.3) is 0 Å². The molecule has 1 atom stereocenters. The first kappa shape index (κ1) is 13.7. The molecule has 0 saturated carbocycles. The van der Waals surface area contributed by atoms with Gasteiger partial charge in [0.1, 0.15) is 12.3 Å². The average molecular weight is 241 g/mol. The number of hydrogen-bond donors (Lipinski definition) is 0. The van der Waals surface area contributed by atoms with Crippen LogP contribution in [0.4, 0.5) is 0 Å². The zero-order valence-corrected chi connectivity index (χ0v) is 10.4. The molecule has 0 aromatic heterocycles. The second-order valence-electron chi connectivity index (χ2n) is 4.29. The van der Waals surface area contributed by atoms with E-state index >= 15 is 0 Å². The van der Waals surface area contributed by atoms with Crippen LogP contribution in [0.3, 0.4) is 0 Å². The van der Waals surface area contributed by atoms with Crippen LogP contribution < -0.4 is 0 Å². The first-order chi connectivity index (χ1) is 8.04. The Kier molecular flexibility index (Phi) is 5.12. The van der Waals surface area contributed by atoms with Crippen LogP contribution in [-0.2, 0) is 19.1 Å². The molecule has 17 heavy (non-hydrogen) atoms. The van der Waals surface area contributed by atoms with Gasteiger partial charge in [-0.1, -0.05) is 0 Å². The highest BCUT2D eigenvalue weighted by molar-refractivity contribution is 5.85. The number of Topliss-reactive ketones (excluding diaryl/α,β-unsaturated/α-hetero) is 1. The second-order valence-corrected chi connectivity index (χ2v) is 4.29. The van der Waals surface area contributed by atoms with E-state index in [2.05, 4.69) is 0 Å². The quantitative estimate of drug-likeness (QED) is 0.644. The highest BCUT2D eigenvalue weighted by atomic mass is 16.5. The lowest BCUT2D eigenvalue weighted by Crippen LogP contribution is -2.33. The molecule has 1 fully saturated rings.